The van der Waals surface area contributed by atoms with Crippen LogP contribution in [0.25, 0.3) is 0 Å². The van der Waals surface area contributed by atoms with E-state index in [0.29, 0.717) is 23.8 Å². The van der Waals surface area contributed by atoms with Crippen molar-refractivity contribution >= 4 is 23.5 Å². The third kappa shape index (κ3) is 4.29. The van der Waals surface area contributed by atoms with Crippen LogP contribution in [0.4, 0.5) is 0 Å². The lowest BCUT2D eigenvalue weighted by Crippen LogP contribution is -2.57. The highest BCUT2D eigenvalue weighted by Crippen LogP contribution is 2.34. The second kappa shape index (κ2) is 8.02. The largest absolute Gasteiger partial charge is 0.467 e. The molecule has 0 saturated heterocycles. The van der Waals surface area contributed by atoms with Crippen LogP contribution >= 0.6 is 11.6 Å². The van der Waals surface area contributed by atoms with Crippen LogP contribution in [0.15, 0.2) is 18.2 Å². The van der Waals surface area contributed by atoms with Gasteiger partial charge in [0.15, 0.2) is 0 Å². The van der Waals surface area contributed by atoms with Crippen molar-refractivity contribution in [3.05, 3.63) is 34.3 Å². The van der Waals surface area contributed by atoms with Gasteiger partial charge in [0.25, 0.3) is 0 Å². The number of methoxy groups -OCH3 is 1. The molecule has 0 radical (unpaired) electrons. The molecule has 1 N–H and O–H groups in total. The zero-order chi connectivity index (χ0) is 17.7. The Bertz CT molecular complexity index is 607. The Labute approximate surface area is 148 Å². The maximum absolute atomic E-state index is 12.5. The van der Waals surface area contributed by atoms with Gasteiger partial charge in [-0.25, -0.2) is 4.79 Å². The molecule has 1 aromatic carbocycles. The predicted molar refractivity (Wildman–Crippen MR) is 95.0 cm³/mol. The molecule has 0 spiro atoms. The van der Waals surface area contributed by atoms with Crippen molar-refractivity contribution < 1.29 is 14.3 Å². The molecule has 0 aromatic heterocycles. The minimum absolute atomic E-state index is 0.152. The monoisotopic (exact) mass is 351 g/mol. The van der Waals surface area contributed by atoms with Crippen molar-refractivity contribution in [3.8, 4) is 0 Å². The number of esters is 1. The van der Waals surface area contributed by atoms with Gasteiger partial charge < -0.3 is 10.1 Å². The maximum atomic E-state index is 12.5. The number of benzene rings is 1. The first-order valence-corrected chi connectivity index (χ1v) is 8.92. The molecule has 1 amide bonds. The fourth-order valence-corrected chi connectivity index (χ4v) is 3.72. The molecule has 4 nitrogen and oxygen atoms in total. The average molecular weight is 352 g/mol. The lowest BCUT2D eigenvalue weighted by molar-refractivity contribution is -0.153. The van der Waals surface area contributed by atoms with E-state index in [1.165, 1.54) is 7.11 Å². The quantitative estimate of drug-likeness (QED) is 0.820. The van der Waals surface area contributed by atoms with E-state index in [2.05, 4.69) is 12.2 Å². The van der Waals surface area contributed by atoms with Crippen LogP contribution in [0.2, 0.25) is 5.02 Å². The van der Waals surface area contributed by atoms with Gasteiger partial charge in [0, 0.05) is 5.02 Å². The molecule has 0 unspecified atom stereocenters. The Hall–Kier alpha value is -1.55. The average Bonchev–Trinajstić information content (AvgIpc) is 2.57. The first-order valence-electron chi connectivity index (χ1n) is 8.54. The van der Waals surface area contributed by atoms with Crippen molar-refractivity contribution in [2.24, 2.45) is 5.92 Å². The van der Waals surface area contributed by atoms with Gasteiger partial charge in [-0.1, -0.05) is 31.0 Å². The zero-order valence-corrected chi connectivity index (χ0v) is 15.4. The van der Waals surface area contributed by atoms with Gasteiger partial charge in [0.05, 0.1) is 13.5 Å². The molecule has 0 heterocycles. The Morgan fingerprint density at radius 1 is 1.33 bits per heavy atom. The van der Waals surface area contributed by atoms with Gasteiger partial charge in [-0.3, -0.25) is 4.79 Å². The number of nitrogens with one attached hydrogen (secondary N) is 1. The number of carbonyl (C=O) groups is 2. The Balaban J connectivity index is 2.09. The highest BCUT2D eigenvalue weighted by molar-refractivity contribution is 6.30. The third-order valence-electron chi connectivity index (χ3n) is 5.15. The number of halogens is 1. The van der Waals surface area contributed by atoms with Crippen LogP contribution in [0.3, 0.4) is 0 Å². The van der Waals surface area contributed by atoms with Gasteiger partial charge in [0.1, 0.15) is 5.54 Å². The van der Waals surface area contributed by atoms with Gasteiger partial charge in [-0.2, -0.15) is 0 Å². The minimum Gasteiger partial charge on any atom is -0.467 e. The fourth-order valence-electron chi connectivity index (χ4n) is 3.50. The summed E-state index contributed by atoms with van der Waals surface area (Å²) in [7, 11) is 1.38. The molecule has 0 aliphatic heterocycles. The summed E-state index contributed by atoms with van der Waals surface area (Å²) in [5.74, 6) is 0.136. The van der Waals surface area contributed by atoms with Crippen LogP contribution < -0.4 is 5.32 Å². The van der Waals surface area contributed by atoms with Crippen LogP contribution in [0, 0.1) is 12.8 Å². The molecular weight excluding hydrogens is 326 g/mol. The van der Waals surface area contributed by atoms with E-state index in [0.717, 1.165) is 30.4 Å². The van der Waals surface area contributed by atoms with Crippen molar-refractivity contribution in [3.63, 3.8) is 0 Å². The molecule has 0 atom stereocenters. The maximum Gasteiger partial charge on any atom is 0.331 e. The second-order valence-electron chi connectivity index (χ2n) is 6.72. The van der Waals surface area contributed by atoms with E-state index in [1.807, 2.05) is 19.1 Å². The summed E-state index contributed by atoms with van der Waals surface area (Å²) in [5, 5.41) is 3.62. The van der Waals surface area contributed by atoms with Crippen molar-refractivity contribution in [1.82, 2.24) is 5.32 Å². The van der Waals surface area contributed by atoms with Crippen LogP contribution in [-0.4, -0.2) is 24.5 Å². The Morgan fingerprint density at radius 2 is 2.00 bits per heavy atom. The molecule has 0 bridgehead atoms. The third-order valence-corrected chi connectivity index (χ3v) is 5.38. The highest BCUT2D eigenvalue weighted by Gasteiger charge is 2.43. The molecule has 5 heteroatoms. The summed E-state index contributed by atoms with van der Waals surface area (Å²) in [5.41, 5.74) is 1.01. The van der Waals surface area contributed by atoms with Gasteiger partial charge in [-0.05, 0) is 61.8 Å². The summed E-state index contributed by atoms with van der Waals surface area (Å²) >= 11 is 5.96. The summed E-state index contributed by atoms with van der Waals surface area (Å²) in [6.07, 6.45) is 4.50. The minimum atomic E-state index is -0.877. The molecule has 1 saturated carbocycles. The van der Waals surface area contributed by atoms with E-state index in [9.17, 15) is 9.59 Å². The number of amides is 1. The topological polar surface area (TPSA) is 55.4 Å². The van der Waals surface area contributed by atoms with Crippen LogP contribution in [-0.2, 0) is 20.7 Å². The molecule has 1 aliphatic carbocycles. The summed E-state index contributed by atoms with van der Waals surface area (Å²) in [4.78, 5) is 24.9. The van der Waals surface area contributed by atoms with E-state index in [4.69, 9.17) is 16.3 Å². The van der Waals surface area contributed by atoms with E-state index in [1.54, 1.807) is 6.07 Å². The molecule has 1 aromatic rings. The molecular formula is C19H26ClNO3. The smallest absolute Gasteiger partial charge is 0.331 e. The molecule has 1 aliphatic rings. The van der Waals surface area contributed by atoms with Crippen molar-refractivity contribution in [1.29, 1.82) is 0 Å². The number of hydrogen-bond acceptors (Lipinski definition) is 3. The lowest BCUT2D eigenvalue weighted by Gasteiger charge is -2.38. The SMILES string of the molecule is CCC1CCC(NC(=O)Cc2ccc(Cl)cc2C)(C(=O)OC)CC1. The van der Waals surface area contributed by atoms with Crippen LogP contribution in [0.5, 0.6) is 0 Å². The Kier molecular flexibility index (Phi) is 6.27. The van der Waals surface area contributed by atoms with Crippen molar-refractivity contribution in [2.75, 3.05) is 7.11 Å². The number of aryl methyl sites for hydroxylation is 1. The standard InChI is InChI=1S/C19H26ClNO3/c1-4-14-7-9-19(10-8-14,18(23)24-3)21-17(22)12-15-5-6-16(20)11-13(15)2/h5-6,11,14H,4,7-10,12H2,1-3H3,(H,21,22). The molecule has 24 heavy (non-hydrogen) atoms. The first kappa shape index (κ1) is 18.8. The number of ether oxygens (including phenoxy) is 1. The van der Waals surface area contributed by atoms with E-state index in [-0.39, 0.29) is 18.3 Å². The van der Waals surface area contributed by atoms with E-state index >= 15 is 0 Å². The highest BCUT2D eigenvalue weighted by atomic mass is 35.5. The van der Waals surface area contributed by atoms with Crippen LogP contribution in [0.1, 0.15) is 50.2 Å². The zero-order valence-electron chi connectivity index (χ0n) is 14.7. The van der Waals surface area contributed by atoms with Gasteiger partial charge in [0.2, 0.25) is 5.91 Å². The second-order valence-corrected chi connectivity index (χ2v) is 7.16. The molecule has 1 fully saturated rings. The number of carbonyl (C=O) groups excluding carboxylic acids is 2. The number of hydrogen-bond donors (Lipinski definition) is 1. The van der Waals surface area contributed by atoms with Gasteiger partial charge in [-0.15, -0.1) is 0 Å². The lowest BCUT2D eigenvalue weighted by atomic mass is 9.75. The molecule has 2 rings (SSSR count). The fraction of sp³-hybridized carbons (Fsp3) is 0.579. The first-order chi connectivity index (χ1) is 11.4. The normalized spacial score (nSPS) is 23.6. The van der Waals surface area contributed by atoms with Crippen molar-refractivity contribution in [2.45, 2.75) is 57.9 Å². The van der Waals surface area contributed by atoms with E-state index < -0.39 is 5.54 Å². The van der Waals surface area contributed by atoms with Gasteiger partial charge >= 0.3 is 5.97 Å². The number of rotatable bonds is 5. The summed E-state index contributed by atoms with van der Waals surface area (Å²) < 4.78 is 4.98. The summed E-state index contributed by atoms with van der Waals surface area (Å²) in [6, 6.07) is 5.47. The Morgan fingerprint density at radius 3 is 2.54 bits per heavy atom. The summed E-state index contributed by atoms with van der Waals surface area (Å²) in [6.45, 7) is 4.09. The molecule has 132 valence electrons. The predicted octanol–water partition coefficient (Wildman–Crippen LogP) is 3.82.